The molecule has 2 aliphatic heterocycles. The molecular formula is C14H14F3N5O. The number of hydrogen-bond donors (Lipinski definition) is 2. The molecule has 3 heterocycles. The van der Waals surface area contributed by atoms with Gasteiger partial charge in [-0.25, -0.2) is 0 Å². The zero-order valence-corrected chi connectivity index (χ0v) is 12.0. The second kappa shape index (κ2) is 4.92. The first-order valence-corrected chi connectivity index (χ1v) is 7.35. The highest BCUT2D eigenvalue weighted by Gasteiger charge is 2.41. The average Bonchev–Trinajstić information content (AvgIpc) is 3.18. The van der Waals surface area contributed by atoms with Crippen LogP contribution in [0.2, 0.25) is 0 Å². The van der Waals surface area contributed by atoms with Gasteiger partial charge in [0.2, 0.25) is 0 Å². The monoisotopic (exact) mass is 325 g/mol. The number of benzene rings is 1. The van der Waals surface area contributed by atoms with Gasteiger partial charge in [-0.05, 0) is 24.0 Å². The number of alkyl halides is 3. The molecule has 2 fully saturated rings. The number of likely N-dealkylation sites (tertiary alicyclic amines) is 1. The third-order valence-corrected chi connectivity index (χ3v) is 4.67. The summed E-state index contributed by atoms with van der Waals surface area (Å²) >= 11 is 0. The summed E-state index contributed by atoms with van der Waals surface area (Å²) in [5.74, 6) is 0.0600. The van der Waals surface area contributed by atoms with Crippen molar-refractivity contribution in [3.8, 4) is 0 Å². The molecule has 6 nitrogen and oxygen atoms in total. The van der Waals surface area contributed by atoms with Crippen LogP contribution in [0.4, 0.5) is 13.2 Å². The van der Waals surface area contributed by atoms with Gasteiger partial charge in [0.1, 0.15) is 11.0 Å². The van der Waals surface area contributed by atoms with Crippen LogP contribution in [0.15, 0.2) is 12.1 Å². The zero-order valence-electron chi connectivity index (χ0n) is 12.0. The van der Waals surface area contributed by atoms with Crippen LogP contribution in [0.25, 0.3) is 11.0 Å². The van der Waals surface area contributed by atoms with E-state index < -0.39 is 17.6 Å². The van der Waals surface area contributed by atoms with E-state index in [-0.39, 0.29) is 16.6 Å². The van der Waals surface area contributed by atoms with Gasteiger partial charge < -0.3 is 10.2 Å². The molecule has 0 aliphatic carbocycles. The quantitative estimate of drug-likeness (QED) is 0.828. The normalized spacial score (nSPS) is 24.4. The minimum absolute atomic E-state index is 0.0939. The fourth-order valence-corrected chi connectivity index (χ4v) is 3.49. The molecule has 122 valence electrons. The number of halogens is 3. The van der Waals surface area contributed by atoms with Gasteiger partial charge in [-0.3, -0.25) is 4.79 Å². The van der Waals surface area contributed by atoms with Crippen molar-refractivity contribution in [1.29, 1.82) is 0 Å². The fourth-order valence-electron chi connectivity index (χ4n) is 3.49. The molecule has 2 aliphatic rings. The Morgan fingerprint density at radius 3 is 2.35 bits per heavy atom. The van der Waals surface area contributed by atoms with Gasteiger partial charge in [0.05, 0.1) is 11.1 Å². The lowest BCUT2D eigenvalue weighted by atomic mass is 10.0. The highest BCUT2D eigenvalue weighted by atomic mass is 19.4. The number of hydrogen-bond acceptors (Lipinski definition) is 4. The predicted molar refractivity (Wildman–Crippen MR) is 74.6 cm³/mol. The van der Waals surface area contributed by atoms with Crippen molar-refractivity contribution in [3.63, 3.8) is 0 Å². The molecule has 0 spiro atoms. The lowest BCUT2D eigenvalue weighted by Gasteiger charge is -2.20. The van der Waals surface area contributed by atoms with E-state index in [0.717, 1.165) is 19.2 Å². The molecule has 0 radical (unpaired) electrons. The Balaban J connectivity index is 1.73. The molecule has 0 bridgehead atoms. The first kappa shape index (κ1) is 14.4. The number of carbonyl (C=O) groups is 1. The third kappa shape index (κ3) is 2.35. The number of nitrogens with zero attached hydrogens (tertiary/aromatic N) is 3. The van der Waals surface area contributed by atoms with E-state index in [1.165, 1.54) is 11.0 Å². The smallest absolute Gasteiger partial charge is 0.338 e. The number of H-pyrrole nitrogens is 1. The maximum absolute atomic E-state index is 13.3. The molecule has 23 heavy (non-hydrogen) atoms. The Kier molecular flexibility index (Phi) is 3.09. The molecule has 9 heteroatoms. The maximum Gasteiger partial charge on any atom is 0.417 e. The van der Waals surface area contributed by atoms with Gasteiger partial charge in [0, 0.05) is 26.2 Å². The molecule has 2 N–H and O–H groups in total. The standard InChI is InChI=1S/C14H14F3N5O/c15-14(16,17)10-2-12-11(19-21-20-12)1-9(10)13(23)22-5-7-3-18-4-8(7)6-22/h1-2,7-8,18H,3-6H2,(H,19,20,21)/t7-,8-/m0/s1. The zero-order chi connectivity index (χ0) is 16.2. The van der Waals surface area contributed by atoms with E-state index >= 15 is 0 Å². The van der Waals surface area contributed by atoms with Crippen LogP contribution in [-0.2, 0) is 6.18 Å². The van der Waals surface area contributed by atoms with Gasteiger partial charge in [-0.1, -0.05) is 0 Å². The first-order chi connectivity index (χ1) is 10.9. The number of fused-ring (bicyclic) bond motifs is 2. The number of carbonyl (C=O) groups excluding carboxylic acids is 1. The maximum atomic E-state index is 13.3. The van der Waals surface area contributed by atoms with Crippen molar-refractivity contribution in [2.75, 3.05) is 26.2 Å². The fraction of sp³-hybridized carbons (Fsp3) is 0.500. The van der Waals surface area contributed by atoms with Crippen LogP contribution in [0.5, 0.6) is 0 Å². The highest BCUT2D eigenvalue weighted by molar-refractivity contribution is 5.99. The SMILES string of the molecule is O=C(c1cc2n[nH]nc2cc1C(F)(F)F)N1C[C@@H]2CNC[C@H]2C1. The van der Waals surface area contributed by atoms with Crippen LogP contribution >= 0.6 is 0 Å². The highest BCUT2D eigenvalue weighted by Crippen LogP contribution is 2.36. The number of aromatic amines is 1. The largest absolute Gasteiger partial charge is 0.417 e. The summed E-state index contributed by atoms with van der Waals surface area (Å²) in [4.78, 5) is 14.2. The first-order valence-electron chi connectivity index (χ1n) is 7.35. The van der Waals surface area contributed by atoms with Crippen molar-refractivity contribution in [2.24, 2.45) is 11.8 Å². The van der Waals surface area contributed by atoms with Gasteiger partial charge in [-0.2, -0.15) is 28.6 Å². The molecule has 2 saturated heterocycles. The van der Waals surface area contributed by atoms with Crippen molar-refractivity contribution in [3.05, 3.63) is 23.3 Å². The van der Waals surface area contributed by atoms with Crippen LogP contribution in [0.1, 0.15) is 15.9 Å². The van der Waals surface area contributed by atoms with E-state index in [4.69, 9.17) is 0 Å². The summed E-state index contributed by atoms with van der Waals surface area (Å²) in [6.07, 6.45) is -4.62. The van der Waals surface area contributed by atoms with Gasteiger partial charge in [0.25, 0.3) is 5.91 Å². The Hall–Kier alpha value is -2.16. The van der Waals surface area contributed by atoms with Crippen LogP contribution in [0, 0.1) is 11.8 Å². The van der Waals surface area contributed by atoms with Crippen molar-refractivity contribution in [2.45, 2.75) is 6.18 Å². The lowest BCUT2D eigenvalue weighted by molar-refractivity contribution is -0.137. The summed E-state index contributed by atoms with van der Waals surface area (Å²) in [6.45, 7) is 2.60. The number of amides is 1. The van der Waals surface area contributed by atoms with E-state index in [2.05, 4.69) is 20.7 Å². The third-order valence-electron chi connectivity index (χ3n) is 4.67. The topological polar surface area (TPSA) is 73.9 Å². The minimum atomic E-state index is -4.62. The van der Waals surface area contributed by atoms with Crippen LogP contribution < -0.4 is 5.32 Å². The van der Waals surface area contributed by atoms with Gasteiger partial charge >= 0.3 is 6.18 Å². The Morgan fingerprint density at radius 2 is 1.74 bits per heavy atom. The second-order valence-electron chi connectivity index (χ2n) is 6.10. The number of nitrogens with one attached hydrogen (secondary N) is 2. The van der Waals surface area contributed by atoms with E-state index in [0.29, 0.717) is 24.9 Å². The molecule has 0 saturated carbocycles. The summed E-state index contributed by atoms with van der Waals surface area (Å²) in [6, 6.07) is 2.06. The van der Waals surface area contributed by atoms with Gasteiger partial charge in [-0.15, -0.1) is 0 Å². The Bertz CT molecular complexity index is 759. The summed E-state index contributed by atoms with van der Waals surface area (Å²) in [5.41, 5.74) is -0.968. The average molecular weight is 325 g/mol. The lowest BCUT2D eigenvalue weighted by Crippen LogP contribution is -2.33. The van der Waals surface area contributed by atoms with E-state index in [9.17, 15) is 18.0 Å². The molecule has 1 aromatic carbocycles. The summed E-state index contributed by atoms with van der Waals surface area (Å²) in [5, 5.41) is 13.0. The number of aromatic nitrogens is 3. The van der Waals surface area contributed by atoms with E-state index in [1.807, 2.05) is 0 Å². The summed E-state index contributed by atoms with van der Waals surface area (Å²) < 4.78 is 40.0. The molecule has 4 rings (SSSR count). The Morgan fingerprint density at radius 1 is 1.13 bits per heavy atom. The minimum Gasteiger partial charge on any atom is -0.338 e. The molecule has 0 unspecified atom stereocenters. The predicted octanol–water partition coefficient (Wildman–Crippen LogP) is 1.27. The van der Waals surface area contributed by atoms with Crippen molar-refractivity contribution in [1.82, 2.24) is 25.6 Å². The molecule has 1 aromatic heterocycles. The van der Waals surface area contributed by atoms with Crippen molar-refractivity contribution < 1.29 is 18.0 Å². The number of rotatable bonds is 1. The molecule has 2 aromatic rings. The molecular weight excluding hydrogens is 311 g/mol. The van der Waals surface area contributed by atoms with Crippen molar-refractivity contribution >= 4 is 16.9 Å². The molecule has 1 amide bonds. The van der Waals surface area contributed by atoms with Gasteiger partial charge in [0.15, 0.2) is 0 Å². The van der Waals surface area contributed by atoms with Crippen LogP contribution in [-0.4, -0.2) is 52.4 Å². The summed E-state index contributed by atoms with van der Waals surface area (Å²) in [7, 11) is 0. The Labute approximate surface area is 129 Å². The van der Waals surface area contributed by atoms with E-state index in [1.54, 1.807) is 0 Å². The second-order valence-corrected chi connectivity index (χ2v) is 6.10. The van der Waals surface area contributed by atoms with Crippen LogP contribution in [0.3, 0.4) is 0 Å². The molecule has 2 atom stereocenters.